The summed E-state index contributed by atoms with van der Waals surface area (Å²) in [4.78, 5) is 23.2. The SMILES string of the molecule is CC(=O)N1CCC[C@@H](Nc2nc(-c3ccco3)nc3c2CCNCC3)C1. The van der Waals surface area contributed by atoms with Crippen molar-refractivity contribution in [1.82, 2.24) is 20.2 Å². The zero-order valence-electron chi connectivity index (χ0n) is 15.1. The second-order valence-corrected chi connectivity index (χ2v) is 7.00. The minimum Gasteiger partial charge on any atom is -0.461 e. The standard InChI is InChI=1S/C19H25N5O2/c1-13(25)24-10-2-4-14(12-24)21-18-15-6-8-20-9-7-16(15)22-19(23-18)17-5-3-11-26-17/h3,5,11,14,20H,2,4,6-10,12H2,1H3,(H,21,22,23)/t14-/m1/s1. The van der Waals surface area contributed by atoms with E-state index in [2.05, 4.69) is 10.6 Å². The number of anilines is 1. The van der Waals surface area contributed by atoms with E-state index in [4.69, 9.17) is 14.4 Å². The number of carbonyl (C=O) groups excluding carboxylic acids is 1. The summed E-state index contributed by atoms with van der Waals surface area (Å²) in [6, 6.07) is 3.95. The second kappa shape index (κ2) is 7.45. The highest BCUT2D eigenvalue weighted by Gasteiger charge is 2.24. The molecule has 1 atom stereocenters. The number of nitrogens with one attached hydrogen (secondary N) is 2. The quantitative estimate of drug-likeness (QED) is 0.874. The lowest BCUT2D eigenvalue weighted by atomic mass is 10.0. The molecule has 0 bridgehead atoms. The molecule has 2 N–H and O–H groups in total. The predicted octanol–water partition coefficient (Wildman–Crippen LogP) is 1.85. The van der Waals surface area contributed by atoms with E-state index in [0.29, 0.717) is 11.6 Å². The first-order chi connectivity index (χ1) is 12.7. The van der Waals surface area contributed by atoms with Gasteiger partial charge in [0, 0.05) is 44.6 Å². The van der Waals surface area contributed by atoms with Crippen LogP contribution in [0.1, 0.15) is 31.0 Å². The third kappa shape index (κ3) is 3.58. The van der Waals surface area contributed by atoms with E-state index in [1.54, 1.807) is 13.2 Å². The Bertz CT molecular complexity index is 774. The Balaban J connectivity index is 1.65. The zero-order valence-corrected chi connectivity index (χ0v) is 15.1. The van der Waals surface area contributed by atoms with Gasteiger partial charge in [-0.25, -0.2) is 9.97 Å². The lowest BCUT2D eigenvalue weighted by Gasteiger charge is -2.33. The fraction of sp³-hybridized carbons (Fsp3) is 0.526. The largest absolute Gasteiger partial charge is 0.461 e. The van der Waals surface area contributed by atoms with Crippen LogP contribution in [0.25, 0.3) is 11.6 Å². The Kier molecular flexibility index (Phi) is 4.88. The summed E-state index contributed by atoms with van der Waals surface area (Å²) in [5, 5.41) is 7.04. The average Bonchev–Trinajstić information content (AvgIpc) is 3.07. The first kappa shape index (κ1) is 17.0. The molecule has 0 spiro atoms. The number of likely N-dealkylation sites (tertiary alicyclic amines) is 1. The van der Waals surface area contributed by atoms with Crippen molar-refractivity contribution in [2.24, 2.45) is 0 Å². The van der Waals surface area contributed by atoms with Crippen LogP contribution in [-0.2, 0) is 17.6 Å². The average molecular weight is 355 g/mol. The minimum atomic E-state index is 0.137. The van der Waals surface area contributed by atoms with Crippen molar-refractivity contribution in [3.8, 4) is 11.6 Å². The summed E-state index contributed by atoms with van der Waals surface area (Å²) < 4.78 is 5.51. The van der Waals surface area contributed by atoms with E-state index in [9.17, 15) is 4.79 Å². The van der Waals surface area contributed by atoms with E-state index in [0.717, 1.165) is 63.4 Å². The molecule has 1 amide bonds. The summed E-state index contributed by atoms with van der Waals surface area (Å²) in [5.74, 6) is 2.33. The van der Waals surface area contributed by atoms with Crippen LogP contribution in [0.5, 0.6) is 0 Å². The molecular formula is C19H25N5O2. The highest BCUT2D eigenvalue weighted by Crippen LogP contribution is 2.26. The van der Waals surface area contributed by atoms with Crippen LogP contribution in [0.2, 0.25) is 0 Å². The first-order valence-corrected chi connectivity index (χ1v) is 9.37. The van der Waals surface area contributed by atoms with Gasteiger partial charge in [0.05, 0.1) is 12.0 Å². The number of amides is 1. The molecule has 0 radical (unpaired) electrons. The molecule has 1 fully saturated rings. The highest BCUT2D eigenvalue weighted by atomic mass is 16.3. The molecule has 2 aliphatic rings. The number of hydrogen-bond acceptors (Lipinski definition) is 6. The van der Waals surface area contributed by atoms with E-state index in [1.165, 1.54) is 5.56 Å². The number of nitrogens with zero attached hydrogens (tertiary/aromatic N) is 3. The smallest absolute Gasteiger partial charge is 0.219 e. The molecule has 2 aromatic heterocycles. The number of piperidine rings is 1. The van der Waals surface area contributed by atoms with Gasteiger partial charge in [0.15, 0.2) is 11.6 Å². The van der Waals surface area contributed by atoms with Gasteiger partial charge in [-0.2, -0.15) is 0 Å². The molecule has 2 aliphatic heterocycles. The highest BCUT2D eigenvalue weighted by molar-refractivity contribution is 5.73. The molecule has 0 aromatic carbocycles. The molecular weight excluding hydrogens is 330 g/mol. The van der Waals surface area contributed by atoms with Gasteiger partial charge in [0.25, 0.3) is 0 Å². The van der Waals surface area contributed by atoms with E-state index in [-0.39, 0.29) is 11.9 Å². The van der Waals surface area contributed by atoms with Gasteiger partial charge in [-0.1, -0.05) is 0 Å². The molecule has 4 heterocycles. The molecule has 4 rings (SSSR count). The number of fused-ring (bicyclic) bond motifs is 1. The summed E-state index contributed by atoms with van der Waals surface area (Å²) in [6.45, 7) is 5.05. The van der Waals surface area contributed by atoms with Gasteiger partial charge in [-0.05, 0) is 37.9 Å². The molecule has 26 heavy (non-hydrogen) atoms. The van der Waals surface area contributed by atoms with E-state index in [1.807, 2.05) is 17.0 Å². The topological polar surface area (TPSA) is 83.3 Å². The zero-order chi connectivity index (χ0) is 17.9. The second-order valence-electron chi connectivity index (χ2n) is 7.00. The molecule has 0 unspecified atom stereocenters. The van der Waals surface area contributed by atoms with Crippen molar-refractivity contribution in [1.29, 1.82) is 0 Å². The van der Waals surface area contributed by atoms with Gasteiger partial charge in [-0.15, -0.1) is 0 Å². The number of carbonyl (C=O) groups is 1. The fourth-order valence-corrected chi connectivity index (χ4v) is 3.75. The Morgan fingerprint density at radius 3 is 3.04 bits per heavy atom. The Morgan fingerprint density at radius 2 is 2.23 bits per heavy atom. The fourth-order valence-electron chi connectivity index (χ4n) is 3.75. The maximum Gasteiger partial charge on any atom is 0.219 e. The lowest BCUT2D eigenvalue weighted by molar-refractivity contribution is -0.129. The van der Waals surface area contributed by atoms with Crippen molar-refractivity contribution in [3.05, 3.63) is 29.7 Å². The summed E-state index contributed by atoms with van der Waals surface area (Å²) in [7, 11) is 0. The molecule has 7 heteroatoms. The Hall–Kier alpha value is -2.41. The number of aromatic nitrogens is 2. The molecule has 0 saturated carbocycles. The predicted molar refractivity (Wildman–Crippen MR) is 98.9 cm³/mol. The summed E-state index contributed by atoms with van der Waals surface area (Å²) in [5.41, 5.74) is 2.27. The van der Waals surface area contributed by atoms with Gasteiger partial charge in [0.2, 0.25) is 5.91 Å². The lowest BCUT2D eigenvalue weighted by Crippen LogP contribution is -2.44. The van der Waals surface area contributed by atoms with Gasteiger partial charge < -0.3 is 20.0 Å². The van der Waals surface area contributed by atoms with Crippen molar-refractivity contribution in [3.63, 3.8) is 0 Å². The summed E-state index contributed by atoms with van der Waals surface area (Å²) >= 11 is 0. The van der Waals surface area contributed by atoms with Gasteiger partial charge in [-0.3, -0.25) is 4.79 Å². The Morgan fingerprint density at radius 1 is 1.35 bits per heavy atom. The molecule has 1 saturated heterocycles. The molecule has 2 aromatic rings. The van der Waals surface area contributed by atoms with Crippen LogP contribution < -0.4 is 10.6 Å². The van der Waals surface area contributed by atoms with Crippen molar-refractivity contribution < 1.29 is 9.21 Å². The van der Waals surface area contributed by atoms with Crippen LogP contribution >= 0.6 is 0 Å². The van der Waals surface area contributed by atoms with Crippen LogP contribution in [0, 0.1) is 0 Å². The van der Waals surface area contributed by atoms with Crippen LogP contribution in [0.3, 0.4) is 0 Å². The third-order valence-corrected chi connectivity index (χ3v) is 5.13. The third-order valence-electron chi connectivity index (χ3n) is 5.13. The number of rotatable bonds is 3. The van der Waals surface area contributed by atoms with E-state index >= 15 is 0 Å². The summed E-state index contributed by atoms with van der Waals surface area (Å²) in [6.07, 6.45) is 5.47. The van der Waals surface area contributed by atoms with Crippen LogP contribution in [0.4, 0.5) is 5.82 Å². The molecule has 0 aliphatic carbocycles. The first-order valence-electron chi connectivity index (χ1n) is 9.37. The van der Waals surface area contributed by atoms with Crippen molar-refractivity contribution >= 4 is 11.7 Å². The number of furan rings is 1. The van der Waals surface area contributed by atoms with Crippen molar-refractivity contribution in [2.75, 3.05) is 31.5 Å². The van der Waals surface area contributed by atoms with Crippen LogP contribution in [0.15, 0.2) is 22.8 Å². The van der Waals surface area contributed by atoms with Crippen molar-refractivity contribution in [2.45, 2.75) is 38.6 Å². The Labute approximate surface area is 153 Å². The normalized spacial score (nSPS) is 20.3. The molecule has 138 valence electrons. The number of hydrogen-bond donors (Lipinski definition) is 2. The molecule has 7 nitrogen and oxygen atoms in total. The van der Waals surface area contributed by atoms with Crippen LogP contribution in [-0.4, -0.2) is 53.0 Å². The maximum atomic E-state index is 11.7. The van der Waals surface area contributed by atoms with E-state index < -0.39 is 0 Å². The maximum absolute atomic E-state index is 11.7. The monoisotopic (exact) mass is 355 g/mol. The van der Waals surface area contributed by atoms with Gasteiger partial charge in [0.1, 0.15) is 5.82 Å². The van der Waals surface area contributed by atoms with Gasteiger partial charge >= 0.3 is 0 Å². The minimum absolute atomic E-state index is 0.137.